The fourth-order valence-corrected chi connectivity index (χ4v) is 7.31. The molecule has 0 saturated carbocycles. The van der Waals surface area contributed by atoms with Gasteiger partial charge in [0.25, 0.3) is 0 Å². The fraction of sp³-hybridized carbons (Fsp3) is 0.163. The quantitative estimate of drug-likeness (QED) is 0.179. The third kappa shape index (κ3) is 4.24. The number of hydrogen-bond acceptors (Lipinski definition) is 1. The molecule has 0 N–H and O–H groups in total. The van der Waals surface area contributed by atoms with E-state index in [0.29, 0.717) is 5.52 Å². The first kappa shape index (κ1) is 25.4. The minimum atomic E-state index is -2.31. The summed E-state index contributed by atoms with van der Waals surface area (Å²) in [5.41, 5.74) is 12.0. The average Bonchev–Trinajstić information content (AvgIpc) is 3.74. The summed E-state index contributed by atoms with van der Waals surface area (Å²) in [5, 5.41) is 4.52. The molecule has 0 unspecified atom stereocenters. The van der Waals surface area contributed by atoms with Crippen molar-refractivity contribution in [3.63, 3.8) is 0 Å². The Kier molecular flexibility index (Phi) is 5.38. The van der Waals surface area contributed by atoms with Gasteiger partial charge in [-0.05, 0) is 91.6 Å². The Hall–Kier alpha value is -5.68. The highest BCUT2D eigenvalue weighted by molar-refractivity contribution is 6.17. The van der Waals surface area contributed by atoms with Crippen molar-refractivity contribution < 1.29 is 8.68 Å². The maximum Gasteiger partial charge on any atom is 0.249 e. The van der Waals surface area contributed by atoms with Crippen LogP contribution in [0.15, 0.2) is 122 Å². The molecule has 5 aromatic carbocycles. The van der Waals surface area contributed by atoms with Gasteiger partial charge < -0.3 is 0 Å². The van der Waals surface area contributed by atoms with Crippen LogP contribution in [0.4, 0.5) is 0 Å². The summed E-state index contributed by atoms with van der Waals surface area (Å²) in [4.78, 5) is 5.59. The Morgan fingerprint density at radius 3 is 1.83 bits per heavy atom. The van der Waals surface area contributed by atoms with Crippen molar-refractivity contribution in [1.29, 1.82) is 0 Å². The van der Waals surface area contributed by atoms with Crippen LogP contribution in [0.25, 0.3) is 72.0 Å². The van der Waals surface area contributed by atoms with Gasteiger partial charge in [-0.2, -0.15) is 4.57 Å². The van der Waals surface area contributed by atoms with Crippen LogP contribution in [0.2, 0.25) is 0 Å². The van der Waals surface area contributed by atoms with Crippen LogP contribution in [0, 0.1) is 13.8 Å². The lowest BCUT2D eigenvalue weighted by Gasteiger charge is -2.20. The van der Waals surface area contributed by atoms with Gasteiger partial charge >= 0.3 is 0 Å². The van der Waals surface area contributed by atoms with Crippen LogP contribution in [-0.4, -0.2) is 18.7 Å². The van der Waals surface area contributed by atoms with Crippen molar-refractivity contribution in [2.24, 2.45) is 6.98 Å². The molecule has 0 amide bonds. The molecule has 9 rings (SSSR count). The first-order valence-corrected chi connectivity index (χ1v) is 16.5. The molecule has 0 aliphatic rings. The van der Waals surface area contributed by atoms with E-state index in [1.807, 2.05) is 41.0 Å². The second-order valence-electron chi connectivity index (χ2n) is 14.1. The molecule has 0 radical (unpaired) electrons. The maximum atomic E-state index is 8.19. The minimum Gasteiger partial charge on any atom is -0.294 e. The predicted molar refractivity (Wildman–Crippen MR) is 199 cm³/mol. The molecular weight excluding hydrogens is 587 g/mol. The van der Waals surface area contributed by atoms with Gasteiger partial charge in [0.05, 0.1) is 27.8 Å². The highest BCUT2D eigenvalue weighted by atomic mass is 15.1. The normalized spacial score (nSPS) is 13.6. The Balaban J connectivity index is 1.35. The van der Waals surface area contributed by atoms with E-state index in [9.17, 15) is 0 Å². The Morgan fingerprint density at radius 2 is 1.19 bits per heavy atom. The SMILES string of the molecule is [2H]C([2H])([2H])[n+]1cn(-c2cccc(-n3c4ccc(C)cc4c4cc5c6cc(C)ccc6n(-c6cccc(C(C)(C)C)c6)c5nc43)c2)c2ccccc21. The Labute approximate surface area is 284 Å². The van der Waals surface area contributed by atoms with Crippen molar-refractivity contribution in [1.82, 2.24) is 18.7 Å². The summed E-state index contributed by atoms with van der Waals surface area (Å²) in [7, 11) is 0. The van der Waals surface area contributed by atoms with E-state index in [1.165, 1.54) is 26.6 Å². The van der Waals surface area contributed by atoms with Crippen LogP contribution >= 0.6 is 0 Å². The van der Waals surface area contributed by atoms with E-state index in [1.54, 1.807) is 6.33 Å². The molecule has 0 atom stereocenters. The number of rotatable bonds is 3. The highest BCUT2D eigenvalue weighted by Gasteiger charge is 2.22. The maximum absolute atomic E-state index is 8.19. The average molecular weight is 628 g/mol. The first-order valence-electron chi connectivity index (χ1n) is 18.0. The van der Waals surface area contributed by atoms with Gasteiger partial charge in [-0.3, -0.25) is 9.13 Å². The lowest BCUT2D eigenvalue weighted by molar-refractivity contribution is -0.645. The number of imidazole rings is 1. The number of hydrogen-bond donors (Lipinski definition) is 0. The topological polar surface area (TPSA) is 31.6 Å². The largest absolute Gasteiger partial charge is 0.294 e. The van der Waals surface area contributed by atoms with Crippen LogP contribution in [-0.2, 0) is 12.4 Å². The van der Waals surface area contributed by atoms with E-state index < -0.39 is 6.98 Å². The molecule has 4 heterocycles. The van der Waals surface area contributed by atoms with Crippen LogP contribution in [0.5, 0.6) is 0 Å². The number of aryl methyl sites for hydroxylation is 3. The molecule has 0 saturated heterocycles. The second-order valence-corrected chi connectivity index (χ2v) is 14.1. The summed E-state index contributed by atoms with van der Waals surface area (Å²) in [6.45, 7) is 8.70. The summed E-state index contributed by atoms with van der Waals surface area (Å²) in [5.74, 6) is 0. The number of para-hydroxylation sites is 2. The zero-order chi connectivity index (χ0) is 35.4. The summed E-state index contributed by atoms with van der Waals surface area (Å²) < 4.78 is 32.5. The van der Waals surface area contributed by atoms with E-state index in [4.69, 9.17) is 9.10 Å². The third-order valence-corrected chi connectivity index (χ3v) is 9.74. The van der Waals surface area contributed by atoms with E-state index in [-0.39, 0.29) is 5.41 Å². The predicted octanol–water partition coefficient (Wildman–Crippen LogP) is 9.96. The van der Waals surface area contributed by atoms with Gasteiger partial charge in [0.1, 0.15) is 17.0 Å². The number of benzene rings is 5. The zero-order valence-electron chi connectivity index (χ0n) is 30.8. The van der Waals surface area contributed by atoms with E-state index in [2.05, 4.69) is 123 Å². The summed E-state index contributed by atoms with van der Waals surface area (Å²) >= 11 is 0. The van der Waals surface area contributed by atoms with Gasteiger partial charge in [-0.1, -0.05) is 74.4 Å². The molecule has 5 nitrogen and oxygen atoms in total. The Bertz CT molecular complexity index is 2860. The molecular formula is C43H38N5+. The zero-order valence-corrected chi connectivity index (χ0v) is 27.8. The van der Waals surface area contributed by atoms with Gasteiger partial charge in [0.15, 0.2) is 11.0 Å². The standard InChI is InChI=1S/C43H38N5/c1-27-17-19-37-33(21-27)35-25-36-34-22-28(2)18-20-38(34)48(42(36)44-41(35)47(37)31-13-9-11-29(23-31)43(3,4)5)32-14-10-12-30(24-32)46-26-45(6)39-15-7-8-16-40(39)46/h7-26H,1-6H3/q+1/i6D3. The lowest BCUT2D eigenvalue weighted by Crippen LogP contribution is -2.25. The smallest absolute Gasteiger partial charge is 0.249 e. The van der Waals surface area contributed by atoms with Gasteiger partial charge in [-0.25, -0.2) is 9.55 Å². The van der Waals surface area contributed by atoms with E-state index in [0.717, 1.165) is 61.1 Å². The fourth-order valence-electron chi connectivity index (χ4n) is 7.31. The van der Waals surface area contributed by atoms with Crippen molar-refractivity contribution in [3.05, 3.63) is 138 Å². The molecule has 0 aliphatic carbocycles. The minimum absolute atomic E-state index is 0.00480. The molecule has 0 fully saturated rings. The van der Waals surface area contributed by atoms with Gasteiger partial charge in [0, 0.05) is 33.3 Å². The number of pyridine rings is 1. The van der Waals surface area contributed by atoms with Crippen molar-refractivity contribution in [2.45, 2.75) is 40.0 Å². The molecule has 234 valence electrons. The molecule has 48 heavy (non-hydrogen) atoms. The number of aromatic nitrogens is 5. The van der Waals surface area contributed by atoms with Gasteiger partial charge in [0.2, 0.25) is 6.33 Å². The number of fused-ring (bicyclic) bond motifs is 7. The molecule has 0 bridgehead atoms. The summed E-state index contributed by atoms with van der Waals surface area (Å²) in [6.07, 6.45) is 1.68. The molecule has 4 aromatic heterocycles. The van der Waals surface area contributed by atoms with Crippen LogP contribution in [0.3, 0.4) is 0 Å². The Morgan fingerprint density at radius 1 is 0.583 bits per heavy atom. The van der Waals surface area contributed by atoms with Crippen LogP contribution in [0.1, 0.15) is 41.6 Å². The van der Waals surface area contributed by atoms with Crippen molar-refractivity contribution in [3.8, 4) is 17.1 Å². The molecule has 0 spiro atoms. The number of nitrogens with zero attached hydrogens (tertiary/aromatic N) is 5. The second kappa shape index (κ2) is 10.2. The lowest BCUT2D eigenvalue weighted by atomic mass is 9.87. The molecule has 5 heteroatoms. The highest BCUT2D eigenvalue weighted by Crippen LogP contribution is 2.39. The first-order chi connectivity index (χ1) is 24.4. The molecule has 0 aliphatic heterocycles. The van der Waals surface area contributed by atoms with Crippen molar-refractivity contribution in [2.75, 3.05) is 0 Å². The van der Waals surface area contributed by atoms with E-state index >= 15 is 0 Å². The molecule has 9 aromatic rings. The third-order valence-electron chi connectivity index (χ3n) is 9.74. The van der Waals surface area contributed by atoms with Gasteiger partial charge in [-0.15, -0.1) is 0 Å². The summed E-state index contributed by atoms with van der Waals surface area (Å²) in [6, 6.07) is 40.3. The monoisotopic (exact) mass is 627 g/mol. The van der Waals surface area contributed by atoms with Crippen LogP contribution < -0.4 is 4.57 Å². The van der Waals surface area contributed by atoms with Crippen molar-refractivity contribution >= 4 is 54.9 Å².